The summed E-state index contributed by atoms with van der Waals surface area (Å²) in [7, 11) is 0. The highest BCUT2D eigenvalue weighted by molar-refractivity contribution is 5.94. The van der Waals surface area contributed by atoms with Gasteiger partial charge in [0.05, 0.1) is 5.52 Å². The second-order valence-corrected chi connectivity index (χ2v) is 7.40. The van der Waals surface area contributed by atoms with Crippen molar-refractivity contribution in [1.82, 2.24) is 25.1 Å². The van der Waals surface area contributed by atoms with Gasteiger partial charge in [0, 0.05) is 24.5 Å². The maximum absolute atomic E-state index is 15.8. The Morgan fingerprint density at radius 2 is 1.89 bits per heavy atom. The standard InChI is InChI=1S/C21H15F5N6O3/c1-2-27-19(33)31-18-29-12-9-11(15(22)17(16(12)30-18)32-7-3-6-28-32)10-4-5-13-14(8-10)35-21(25,26)20(23,24)34-13/h3-9H,2H2,1H3,(H3,27,29,30,31,33). The van der Waals surface area contributed by atoms with Crippen LogP contribution in [-0.4, -0.2) is 44.5 Å². The zero-order valence-electron chi connectivity index (χ0n) is 17.7. The van der Waals surface area contributed by atoms with Gasteiger partial charge in [-0.25, -0.2) is 18.9 Å². The molecule has 0 spiro atoms. The lowest BCUT2D eigenvalue weighted by atomic mass is 10.0. The minimum absolute atomic E-state index is 0.0138. The number of imidazole rings is 1. The van der Waals surface area contributed by atoms with E-state index < -0.39 is 35.6 Å². The van der Waals surface area contributed by atoms with Crippen molar-refractivity contribution in [2.45, 2.75) is 19.1 Å². The number of carbonyl (C=O) groups excluding carboxylic acids is 1. The topological polar surface area (TPSA) is 106 Å². The van der Waals surface area contributed by atoms with Gasteiger partial charge in [0.15, 0.2) is 17.3 Å². The van der Waals surface area contributed by atoms with Crippen molar-refractivity contribution >= 4 is 23.0 Å². The smallest absolute Gasteiger partial charge is 0.421 e. The summed E-state index contributed by atoms with van der Waals surface area (Å²) in [5.41, 5.74) is 0.197. The van der Waals surface area contributed by atoms with Crippen LogP contribution in [0.4, 0.5) is 32.7 Å². The Bertz CT molecular complexity index is 1440. The number of nitrogens with zero attached hydrogens (tertiary/aromatic N) is 3. The maximum Gasteiger partial charge on any atom is 0.507 e. The molecule has 0 fully saturated rings. The molecule has 3 N–H and O–H groups in total. The van der Waals surface area contributed by atoms with Crippen molar-refractivity contribution in [3.05, 3.63) is 48.5 Å². The second-order valence-electron chi connectivity index (χ2n) is 7.40. The number of carbonyl (C=O) groups is 1. The van der Waals surface area contributed by atoms with Crippen molar-refractivity contribution in [2.75, 3.05) is 11.9 Å². The van der Waals surface area contributed by atoms with E-state index in [1.54, 1.807) is 13.0 Å². The molecule has 4 aromatic rings. The molecular weight excluding hydrogens is 479 g/mol. The monoisotopic (exact) mass is 494 g/mol. The van der Waals surface area contributed by atoms with Gasteiger partial charge in [-0.1, -0.05) is 6.07 Å². The minimum atomic E-state index is -4.93. The number of amides is 2. The van der Waals surface area contributed by atoms with Crippen LogP contribution >= 0.6 is 0 Å². The van der Waals surface area contributed by atoms with Crippen LogP contribution in [0.1, 0.15) is 6.92 Å². The molecule has 1 aliphatic rings. The Morgan fingerprint density at radius 3 is 2.57 bits per heavy atom. The van der Waals surface area contributed by atoms with Crippen molar-refractivity contribution in [3.63, 3.8) is 0 Å². The lowest BCUT2D eigenvalue weighted by Crippen LogP contribution is -2.52. The summed E-state index contributed by atoms with van der Waals surface area (Å²) in [6, 6.07) is 5.47. The predicted octanol–water partition coefficient (Wildman–Crippen LogP) is 4.65. The molecule has 2 aromatic heterocycles. The zero-order valence-corrected chi connectivity index (χ0v) is 17.7. The van der Waals surface area contributed by atoms with E-state index in [1.165, 1.54) is 29.2 Å². The lowest BCUT2D eigenvalue weighted by molar-refractivity contribution is -0.391. The van der Waals surface area contributed by atoms with Gasteiger partial charge < -0.3 is 19.8 Å². The Kier molecular flexibility index (Phi) is 5.03. The predicted molar refractivity (Wildman–Crippen MR) is 112 cm³/mol. The summed E-state index contributed by atoms with van der Waals surface area (Å²) in [4.78, 5) is 19.0. The van der Waals surface area contributed by atoms with Crippen LogP contribution < -0.4 is 20.1 Å². The number of rotatable bonds is 4. The summed E-state index contributed by atoms with van der Waals surface area (Å²) >= 11 is 0. The SMILES string of the molecule is CCNC(=O)Nc1nc2c(-n3cccn3)c(F)c(-c3ccc4c(c3)OC(F)(F)C(F)(F)O4)cc2[nH]1. The number of aromatic amines is 1. The molecule has 0 aliphatic carbocycles. The molecule has 9 nitrogen and oxygen atoms in total. The number of H-pyrrole nitrogens is 1. The molecule has 0 atom stereocenters. The van der Waals surface area contributed by atoms with Crippen molar-refractivity contribution in [3.8, 4) is 28.3 Å². The normalized spacial score (nSPS) is 15.7. The van der Waals surface area contributed by atoms with E-state index in [2.05, 4.69) is 35.2 Å². The highest BCUT2D eigenvalue weighted by Crippen LogP contribution is 2.48. The van der Waals surface area contributed by atoms with Crippen LogP contribution in [0.2, 0.25) is 0 Å². The van der Waals surface area contributed by atoms with E-state index in [0.29, 0.717) is 6.54 Å². The fourth-order valence-corrected chi connectivity index (χ4v) is 3.54. The quantitative estimate of drug-likeness (QED) is 0.358. The zero-order chi connectivity index (χ0) is 25.0. The number of hydrogen-bond acceptors (Lipinski definition) is 5. The fourth-order valence-electron chi connectivity index (χ4n) is 3.54. The molecule has 2 amide bonds. The summed E-state index contributed by atoms with van der Waals surface area (Å²) < 4.78 is 79.5. The summed E-state index contributed by atoms with van der Waals surface area (Å²) in [6.07, 6.45) is -6.93. The molecular formula is C21H15F5N6O3. The first-order chi connectivity index (χ1) is 16.6. The summed E-state index contributed by atoms with van der Waals surface area (Å²) in [6.45, 7) is 2.08. The van der Waals surface area contributed by atoms with Gasteiger partial charge in [0.1, 0.15) is 11.2 Å². The molecule has 3 heterocycles. The third-order valence-corrected chi connectivity index (χ3v) is 5.06. The number of halogens is 5. The molecule has 0 bridgehead atoms. The first kappa shape index (κ1) is 22.4. The number of urea groups is 1. The van der Waals surface area contributed by atoms with E-state index >= 15 is 4.39 Å². The van der Waals surface area contributed by atoms with Gasteiger partial charge >= 0.3 is 18.2 Å². The van der Waals surface area contributed by atoms with Crippen molar-refractivity contribution in [2.24, 2.45) is 0 Å². The molecule has 0 unspecified atom stereocenters. The molecule has 2 aromatic carbocycles. The number of aromatic nitrogens is 4. The Morgan fingerprint density at radius 1 is 1.14 bits per heavy atom. The average Bonchev–Trinajstić information content (AvgIpc) is 3.43. The van der Waals surface area contributed by atoms with Gasteiger partial charge in [-0.3, -0.25) is 5.32 Å². The number of benzene rings is 2. The Hall–Kier alpha value is -4.36. The molecule has 0 saturated heterocycles. The number of fused-ring (bicyclic) bond motifs is 2. The first-order valence-electron chi connectivity index (χ1n) is 10.1. The van der Waals surface area contributed by atoms with Gasteiger partial charge in [0.25, 0.3) is 0 Å². The third kappa shape index (κ3) is 3.76. The van der Waals surface area contributed by atoms with Crippen LogP contribution in [0.3, 0.4) is 0 Å². The number of ether oxygens (including phenoxy) is 2. The second kappa shape index (κ2) is 7.85. The first-order valence-corrected chi connectivity index (χ1v) is 10.1. The van der Waals surface area contributed by atoms with Crippen LogP contribution in [0.25, 0.3) is 27.8 Å². The number of anilines is 1. The van der Waals surface area contributed by atoms with Gasteiger partial charge in [-0.15, -0.1) is 0 Å². The van der Waals surface area contributed by atoms with Crippen molar-refractivity contribution in [1.29, 1.82) is 0 Å². The third-order valence-electron chi connectivity index (χ3n) is 5.06. The van der Waals surface area contributed by atoms with E-state index in [9.17, 15) is 22.4 Å². The summed E-state index contributed by atoms with van der Waals surface area (Å²) in [5.74, 6) is -2.15. The molecule has 5 rings (SSSR count). The molecule has 35 heavy (non-hydrogen) atoms. The molecule has 182 valence electrons. The van der Waals surface area contributed by atoms with E-state index in [-0.39, 0.29) is 33.8 Å². The van der Waals surface area contributed by atoms with Gasteiger partial charge in [-0.2, -0.15) is 22.7 Å². The summed E-state index contributed by atoms with van der Waals surface area (Å²) in [5, 5.41) is 9.04. The van der Waals surface area contributed by atoms with Crippen LogP contribution in [0.15, 0.2) is 42.7 Å². The highest BCUT2D eigenvalue weighted by Gasteiger charge is 2.65. The fraction of sp³-hybridized carbons (Fsp3) is 0.190. The van der Waals surface area contributed by atoms with E-state index in [0.717, 1.165) is 12.1 Å². The lowest BCUT2D eigenvalue weighted by Gasteiger charge is -2.32. The molecule has 1 aliphatic heterocycles. The minimum Gasteiger partial charge on any atom is -0.421 e. The largest absolute Gasteiger partial charge is 0.507 e. The van der Waals surface area contributed by atoms with E-state index in [1.807, 2.05) is 0 Å². The van der Waals surface area contributed by atoms with Crippen LogP contribution in [0.5, 0.6) is 11.5 Å². The molecule has 0 radical (unpaired) electrons. The van der Waals surface area contributed by atoms with Crippen molar-refractivity contribution < 1.29 is 36.2 Å². The number of hydrogen-bond donors (Lipinski definition) is 3. The van der Waals surface area contributed by atoms with Gasteiger partial charge in [-0.05, 0) is 36.8 Å². The Labute approximate surface area is 192 Å². The number of alkyl halides is 4. The van der Waals surface area contributed by atoms with Crippen LogP contribution in [-0.2, 0) is 0 Å². The Balaban J connectivity index is 1.65. The van der Waals surface area contributed by atoms with Gasteiger partial charge in [0.2, 0.25) is 5.95 Å². The molecule has 14 heteroatoms. The van der Waals surface area contributed by atoms with Crippen LogP contribution in [0, 0.1) is 5.82 Å². The molecule has 0 saturated carbocycles. The number of nitrogens with one attached hydrogen (secondary N) is 3. The average molecular weight is 494 g/mol. The highest BCUT2D eigenvalue weighted by atomic mass is 19.3. The maximum atomic E-state index is 15.8. The van der Waals surface area contributed by atoms with E-state index in [4.69, 9.17) is 0 Å².